The van der Waals surface area contributed by atoms with Gasteiger partial charge >= 0.3 is 6.03 Å². The number of thiophene rings is 1. The summed E-state index contributed by atoms with van der Waals surface area (Å²) in [5.74, 6) is -0.289. The molecule has 0 spiro atoms. The second-order valence-corrected chi connectivity index (χ2v) is 5.91. The molecule has 3 rings (SSSR count). The van der Waals surface area contributed by atoms with Crippen LogP contribution in [0.5, 0.6) is 0 Å². The van der Waals surface area contributed by atoms with Crippen molar-refractivity contribution in [3.8, 4) is 11.3 Å². The number of carbonyl (C=O) groups is 1. The van der Waals surface area contributed by atoms with Gasteiger partial charge in [0.05, 0.1) is 10.7 Å². The molecule has 2 amide bonds. The summed E-state index contributed by atoms with van der Waals surface area (Å²) in [5, 5.41) is 10.3. The highest BCUT2D eigenvalue weighted by Gasteiger charge is 2.08. The predicted molar refractivity (Wildman–Crippen MR) is 84.5 cm³/mol. The van der Waals surface area contributed by atoms with Crippen molar-refractivity contribution in [3.63, 3.8) is 0 Å². The molecular formula is C14H10FN3OS2. The number of thiazole rings is 1. The van der Waals surface area contributed by atoms with Crippen molar-refractivity contribution in [3.05, 3.63) is 53.0 Å². The van der Waals surface area contributed by atoms with E-state index in [1.807, 2.05) is 22.9 Å². The summed E-state index contributed by atoms with van der Waals surface area (Å²) in [4.78, 5) is 16.1. The zero-order valence-corrected chi connectivity index (χ0v) is 12.3. The minimum atomic E-state index is -0.336. The number of halogens is 1. The van der Waals surface area contributed by atoms with Crippen molar-refractivity contribution in [2.75, 3.05) is 10.6 Å². The lowest BCUT2D eigenvalue weighted by atomic mass is 10.2. The minimum Gasteiger partial charge on any atom is -0.299 e. The lowest BCUT2D eigenvalue weighted by Gasteiger charge is -2.02. The summed E-state index contributed by atoms with van der Waals surface area (Å²) in [6, 6.07) is 9.40. The number of nitrogens with one attached hydrogen (secondary N) is 2. The molecule has 2 N–H and O–H groups in total. The van der Waals surface area contributed by atoms with Gasteiger partial charge in [-0.15, -0.1) is 22.7 Å². The van der Waals surface area contributed by atoms with Gasteiger partial charge in [0.2, 0.25) is 0 Å². The fourth-order valence-electron chi connectivity index (χ4n) is 1.67. The van der Waals surface area contributed by atoms with Gasteiger partial charge in [-0.05, 0) is 41.8 Å². The molecule has 0 saturated heterocycles. The first-order chi connectivity index (χ1) is 10.2. The molecule has 3 aromatic rings. The maximum atomic E-state index is 12.9. The van der Waals surface area contributed by atoms with Gasteiger partial charge in [0.1, 0.15) is 5.82 Å². The van der Waals surface area contributed by atoms with Gasteiger partial charge < -0.3 is 0 Å². The van der Waals surface area contributed by atoms with E-state index in [1.54, 1.807) is 12.1 Å². The summed E-state index contributed by atoms with van der Waals surface area (Å²) in [5.41, 5.74) is 1.51. The number of hydrogen-bond acceptors (Lipinski definition) is 4. The van der Waals surface area contributed by atoms with Crippen LogP contribution < -0.4 is 10.6 Å². The Hall–Kier alpha value is -2.25. The van der Waals surface area contributed by atoms with Crippen LogP contribution in [0.3, 0.4) is 0 Å². The van der Waals surface area contributed by atoms with Gasteiger partial charge in [0, 0.05) is 10.9 Å². The van der Waals surface area contributed by atoms with Crippen LogP contribution in [0.4, 0.5) is 19.3 Å². The summed E-state index contributed by atoms with van der Waals surface area (Å²) >= 11 is 2.76. The van der Waals surface area contributed by atoms with Crippen molar-refractivity contribution in [2.45, 2.75) is 0 Å². The van der Waals surface area contributed by atoms with Gasteiger partial charge in [-0.25, -0.2) is 14.2 Å². The normalized spacial score (nSPS) is 10.3. The highest BCUT2D eigenvalue weighted by atomic mass is 32.1. The molecule has 0 bridgehead atoms. The van der Waals surface area contributed by atoms with Crippen LogP contribution in [-0.4, -0.2) is 11.0 Å². The van der Waals surface area contributed by atoms with Crippen LogP contribution in [-0.2, 0) is 0 Å². The maximum Gasteiger partial charge on any atom is 0.326 e. The van der Waals surface area contributed by atoms with E-state index in [-0.39, 0.29) is 11.8 Å². The van der Waals surface area contributed by atoms with Crippen LogP contribution in [0.25, 0.3) is 11.3 Å². The van der Waals surface area contributed by atoms with Crippen LogP contribution in [0, 0.1) is 5.82 Å². The molecule has 0 saturated carbocycles. The van der Waals surface area contributed by atoms with E-state index in [4.69, 9.17) is 0 Å². The first-order valence-corrected chi connectivity index (χ1v) is 7.79. The van der Waals surface area contributed by atoms with Gasteiger partial charge in [-0.1, -0.05) is 0 Å². The lowest BCUT2D eigenvalue weighted by Crippen LogP contribution is -2.18. The largest absolute Gasteiger partial charge is 0.326 e. The SMILES string of the molecule is O=C(Nc1cccs1)Nc1nc(-c2ccc(F)cc2)cs1. The molecule has 106 valence electrons. The van der Waals surface area contributed by atoms with E-state index in [9.17, 15) is 9.18 Å². The summed E-state index contributed by atoms with van der Waals surface area (Å²) in [6.45, 7) is 0. The van der Waals surface area contributed by atoms with Crippen molar-refractivity contribution in [1.29, 1.82) is 0 Å². The van der Waals surface area contributed by atoms with Crippen molar-refractivity contribution < 1.29 is 9.18 Å². The predicted octanol–water partition coefficient (Wildman–Crippen LogP) is 4.65. The third-order valence-corrected chi connectivity index (χ3v) is 4.17. The molecule has 0 aliphatic heterocycles. The molecule has 7 heteroatoms. The summed E-state index contributed by atoms with van der Waals surface area (Å²) in [6.07, 6.45) is 0. The number of benzene rings is 1. The highest BCUT2D eigenvalue weighted by Crippen LogP contribution is 2.25. The molecule has 21 heavy (non-hydrogen) atoms. The fourth-order valence-corrected chi connectivity index (χ4v) is 3.00. The molecular weight excluding hydrogens is 309 g/mol. The Morgan fingerprint density at radius 1 is 1.10 bits per heavy atom. The number of rotatable bonds is 3. The number of hydrogen-bond donors (Lipinski definition) is 2. The number of amides is 2. The Balaban J connectivity index is 1.67. The highest BCUT2D eigenvalue weighted by molar-refractivity contribution is 7.14. The maximum absolute atomic E-state index is 12.9. The fraction of sp³-hybridized carbons (Fsp3) is 0. The number of anilines is 2. The number of urea groups is 1. The van der Waals surface area contributed by atoms with Gasteiger partial charge in [0.25, 0.3) is 0 Å². The van der Waals surface area contributed by atoms with E-state index in [0.717, 1.165) is 10.6 Å². The Morgan fingerprint density at radius 2 is 1.90 bits per heavy atom. The lowest BCUT2D eigenvalue weighted by molar-refractivity contribution is 0.262. The Kier molecular flexibility index (Phi) is 3.94. The zero-order valence-electron chi connectivity index (χ0n) is 10.7. The molecule has 4 nitrogen and oxygen atoms in total. The third kappa shape index (κ3) is 3.45. The number of carbonyl (C=O) groups excluding carboxylic acids is 1. The van der Waals surface area contributed by atoms with Gasteiger partial charge in [-0.3, -0.25) is 10.6 Å². The molecule has 0 aliphatic rings. The molecule has 0 atom stereocenters. The van der Waals surface area contributed by atoms with Crippen LogP contribution in [0.1, 0.15) is 0 Å². The second kappa shape index (κ2) is 6.02. The average Bonchev–Trinajstić information content (AvgIpc) is 3.11. The van der Waals surface area contributed by atoms with Crippen molar-refractivity contribution >= 4 is 38.8 Å². The topological polar surface area (TPSA) is 54.0 Å². The van der Waals surface area contributed by atoms with Crippen LogP contribution >= 0.6 is 22.7 Å². The first-order valence-electron chi connectivity index (χ1n) is 6.04. The molecule has 1 aromatic carbocycles. The van der Waals surface area contributed by atoms with E-state index in [0.29, 0.717) is 10.8 Å². The second-order valence-electron chi connectivity index (χ2n) is 4.10. The summed E-state index contributed by atoms with van der Waals surface area (Å²) in [7, 11) is 0. The summed E-state index contributed by atoms with van der Waals surface area (Å²) < 4.78 is 12.9. The molecule has 2 aromatic heterocycles. The average molecular weight is 319 g/mol. The van der Waals surface area contributed by atoms with Crippen LogP contribution in [0.2, 0.25) is 0 Å². The standard InChI is InChI=1S/C14H10FN3OS2/c15-10-5-3-9(4-6-10)11-8-21-14(16-11)18-13(19)17-12-2-1-7-20-12/h1-8H,(H2,16,17,18,19). The molecule has 0 aliphatic carbocycles. The first kappa shape index (κ1) is 13.7. The Bertz CT molecular complexity index is 738. The molecule has 0 fully saturated rings. The molecule has 0 radical (unpaired) electrons. The van der Waals surface area contributed by atoms with E-state index in [2.05, 4.69) is 15.6 Å². The molecule has 0 unspecified atom stereocenters. The van der Waals surface area contributed by atoms with Gasteiger partial charge in [0.15, 0.2) is 5.13 Å². The van der Waals surface area contributed by atoms with Gasteiger partial charge in [-0.2, -0.15) is 0 Å². The number of nitrogens with zero attached hydrogens (tertiary/aromatic N) is 1. The van der Waals surface area contributed by atoms with E-state index < -0.39 is 0 Å². The quantitative estimate of drug-likeness (QED) is 0.738. The van der Waals surface area contributed by atoms with Crippen molar-refractivity contribution in [2.24, 2.45) is 0 Å². The minimum absolute atomic E-state index is 0.289. The number of aromatic nitrogens is 1. The third-order valence-electron chi connectivity index (χ3n) is 2.62. The zero-order chi connectivity index (χ0) is 14.7. The Morgan fingerprint density at radius 3 is 2.62 bits per heavy atom. The monoisotopic (exact) mass is 319 g/mol. The Labute approximate surface area is 128 Å². The van der Waals surface area contributed by atoms with Crippen LogP contribution in [0.15, 0.2) is 47.2 Å². The van der Waals surface area contributed by atoms with E-state index in [1.165, 1.54) is 34.8 Å². The van der Waals surface area contributed by atoms with E-state index >= 15 is 0 Å². The van der Waals surface area contributed by atoms with Crippen molar-refractivity contribution in [1.82, 2.24) is 4.98 Å². The smallest absolute Gasteiger partial charge is 0.299 e. The molecule has 2 heterocycles.